The molecule has 0 rings (SSSR count). The van der Waals surface area contributed by atoms with Crippen LogP contribution in [0.25, 0.3) is 0 Å². The average molecular weight is 146 g/mol. The summed E-state index contributed by atoms with van der Waals surface area (Å²) in [6, 6.07) is 0. The van der Waals surface area contributed by atoms with Crippen LogP contribution in [0.5, 0.6) is 0 Å². The van der Waals surface area contributed by atoms with Gasteiger partial charge in [-0.05, 0) is 20.8 Å². The summed E-state index contributed by atoms with van der Waals surface area (Å²) in [5, 5.41) is 3.17. The highest BCUT2D eigenvalue weighted by Gasteiger charge is 2.12. The van der Waals surface area contributed by atoms with E-state index in [1.165, 1.54) is 0 Å². The highest BCUT2D eigenvalue weighted by atomic mass is 16.5. The number of hydrogen-bond acceptors (Lipinski definition) is 3. The number of nitrogens with two attached hydrogens (primary N) is 1. The van der Waals surface area contributed by atoms with E-state index >= 15 is 0 Å². The molecule has 0 aromatic rings. The molecule has 0 amide bonds. The minimum absolute atomic E-state index is 0.0648. The molecule has 10 heavy (non-hydrogen) atoms. The molecule has 0 saturated carbocycles. The van der Waals surface area contributed by atoms with Crippen molar-refractivity contribution in [2.24, 2.45) is 5.73 Å². The normalized spacial score (nSPS) is 15.3. The zero-order chi connectivity index (χ0) is 8.20. The van der Waals surface area contributed by atoms with Crippen LogP contribution < -0.4 is 11.1 Å². The molecular formula is C7H18N2O. The molecule has 0 saturated heterocycles. The molecular weight excluding hydrogens is 128 g/mol. The zero-order valence-corrected chi connectivity index (χ0v) is 7.27. The van der Waals surface area contributed by atoms with Gasteiger partial charge in [-0.1, -0.05) is 0 Å². The maximum Gasteiger partial charge on any atom is 0.0791 e. The Morgan fingerprint density at radius 3 is 2.30 bits per heavy atom. The molecule has 0 spiro atoms. The van der Waals surface area contributed by atoms with Gasteiger partial charge < -0.3 is 10.5 Å². The van der Waals surface area contributed by atoms with Gasteiger partial charge in [-0.15, -0.1) is 0 Å². The van der Waals surface area contributed by atoms with Crippen LogP contribution in [0.4, 0.5) is 0 Å². The Bertz CT molecular complexity index is 88.1. The Hall–Kier alpha value is -0.120. The van der Waals surface area contributed by atoms with Crippen molar-refractivity contribution in [2.45, 2.75) is 32.5 Å². The largest absolute Gasteiger partial charge is 0.382 e. The second-order valence-electron chi connectivity index (χ2n) is 3.46. The second kappa shape index (κ2) is 3.91. The van der Waals surface area contributed by atoms with Crippen LogP contribution in [0.3, 0.4) is 0 Å². The Kier molecular flexibility index (Phi) is 3.86. The fourth-order valence-corrected chi connectivity index (χ4v) is 0.777. The van der Waals surface area contributed by atoms with Crippen molar-refractivity contribution in [3.05, 3.63) is 0 Å². The summed E-state index contributed by atoms with van der Waals surface area (Å²) in [4.78, 5) is 0. The summed E-state index contributed by atoms with van der Waals surface area (Å²) in [5.41, 5.74) is 5.70. The first-order chi connectivity index (χ1) is 4.45. The van der Waals surface area contributed by atoms with Crippen molar-refractivity contribution in [2.75, 3.05) is 13.7 Å². The van der Waals surface area contributed by atoms with Gasteiger partial charge in [0.05, 0.1) is 12.8 Å². The van der Waals surface area contributed by atoms with Gasteiger partial charge in [-0.25, -0.2) is 0 Å². The topological polar surface area (TPSA) is 47.3 Å². The van der Waals surface area contributed by atoms with Crippen LogP contribution >= 0.6 is 0 Å². The Morgan fingerprint density at radius 1 is 1.50 bits per heavy atom. The molecule has 0 heterocycles. The summed E-state index contributed by atoms with van der Waals surface area (Å²) < 4.78 is 4.86. The van der Waals surface area contributed by atoms with Gasteiger partial charge in [0.25, 0.3) is 0 Å². The molecule has 3 nitrogen and oxygen atoms in total. The summed E-state index contributed by atoms with van der Waals surface area (Å²) in [6.07, 6.45) is -0.0648. The molecule has 1 unspecified atom stereocenters. The molecule has 0 aliphatic heterocycles. The van der Waals surface area contributed by atoms with Crippen molar-refractivity contribution in [1.82, 2.24) is 5.32 Å². The van der Waals surface area contributed by atoms with Gasteiger partial charge >= 0.3 is 0 Å². The van der Waals surface area contributed by atoms with Gasteiger partial charge in [0, 0.05) is 12.6 Å². The van der Waals surface area contributed by atoms with Gasteiger partial charge in [0.15, 0.2) is 0 Å². The molecule has 0 aromatic carbocycles. The lowest BCUT2D eigenvalue weighted by atomic mass is 10.1. The molecule has 0 aromatic heterocycles. The highest BCUT2D eigenvalue weighted by molar-refractivity contribution is 4.73. The monoisotopic (exact) mass is 146 g/mol. The van der Waals surface area contributed by atoms with E-state index in [1.807, 2.05) is 0 Å². The van der Waals surface area contributed by atoms with Gasteiger partial charge in [-0.2, -0.15) is 0 Å². The van der Waals surface area contributed by atoms with Crippen LogP contribution in [0.2, 0.25) is 0 Å². The van der Waals surface area contributed by atoms with E-state index < -0.39 is 0 Å². The molecule has 3 heteroatoms. The van der Waals surface area contributed by atoms with Gasteiger partial charge in [0.1, 0.15) is 0 Å². The average Bonchev–Trinajstić information content (AvgIpc) is 1.59. The zero-order valence-electron chi connectivity index (χ0n) is 7.27. The molecule has 0 bridgehead atoms. The molecule has 0 aliphatic carbocycles. The minimum Gasteiger partial charge on any atom is -0.382 e. The van der Waals surface area contributed by atoms with E-state index in [0.717, 1.165) is 0 Å². The van der Waals surface area contributed by atoms with Crippen LogP contribution in [0, 0.1) is 0 Å². The number of rotatable bonds is 3. The van der Waals surface area contributed by atoms with Crippen LogP contribution in [0.1, 0.15) is 20.8 Å². The van der Waals surface area contributed by atoms with Crippen LogP contribution in [-0.2, 0) is 4.74 Å². The lowest BCUT2D eigenvalue weighted by molar-refractivity contribution is 0.155. The van der Waals surface area contributed by atoms with Crippen molar-refractivity contribution >= 4 is 0 Å². The molecule has 0 aliphatic rings. The van der Waals surface area contributed by atoms with Crippen molar-refractivity contribution < 1.29 is 4.74 Å². The molecule has 62 valence electrons. The molecule has 1 atom stereocenters. The lowest BCUT2D eigenvalue weighted by Gasteiger charge is -2.25. The number of hydrogen-bond donors (Lipinski definition) is 2. The fourth-order valence-electron chi connectivity index (χ4n) is 0.777. The van der Waals surface area contributed by atoms with Crippen molar-refractivity contribution in [1.29, 1.82) is 0 Å². The quantitative estimate of drug-likeness (QED) is 0.563. The first kappa shape index (κ1) is 9.88. The SMILES string of the molecule is COCC(N)NC(C)(C)C. The summed E-state index contributed by atoms with van der Waals surface area (Å²) >= 11 is 0. The minimum atomic E-state index is -0.0648. The lowest BCUT2D eigenvalue weighted by Crippen LogP contribution is -2.50. The van der Waals surface area contributed by atoms with E-state index in [2.05, 4.69) is 26.1 Å². The number of ether oxygens (including phenoxy) is 1. The standard InChI is InChI=1S/C7H18N2O/c1-7(2,3)9-6(8)5-10-4/h6,9H,5,8H2,1-4H3. The van der Waals surface area contributed by atoms with E-state index in [0.29, 0.717) is 6.61 Å². The Balaban J connectivity index is 3.47. The van der Waals surface area contributed by atoms with E-state index in [9.17, 15) is 0 Å². The predicted octanol–water partition coefficient (Wildman–Crippen LogP) is 0.306. The Morgan fingerprint density at radius 2 is 2.00 bits per heavy atom. The molecule has 0 radical (unpaired) electrons. The molecule has 0 fully saturated rings. The second-order valence-corrected chi connectivity index (χ2v) is 3.46. The van der Waals surface area contributed by atoms with Crippen molar-refractivity contribution in [3.63, 3.8) is 0 Å². The smallest absolute Gasteiger partial charge is 0.0791 e. The van der Waals surface area contributed by atoms with Crippen LogP contribution in [-0.4, -0.2) is 25.4 Å². The van der Waals surface area contributed by atoms with Gasteiger partial charge in [-0.3, -0.25) is 5.32 Å². The summed E-state index contributed by atoms with van der Waals surface area (Å²) in [7, 11) is 1.64. The number of methoxy groups -OCH3 is 1. The Labute approximate surface area is 62.9 Å². The number of nitrogens with one attached hydrogen (secondary N) is 1. The van der Waals surface area contributed by atoms with E-state index in [-0.39, 0.29) is 11.7 Å². The van der Waals surface area contributed by atoms with E-state index in [1.54, 1.807) is 7.11 Å². The maximum absolute atomic E-state index is 5.63. The summed E-state index contributed by atoms with van der Waals surface area (Å²) in [5.74, 6) is 0. The molecule has 3 N–H and O–H groups in total. The first-order valence-electron chi connectivity index (χ1n) is 3.48. The third-order valence-electron chi connectivity index (χ3n) is 0.965. The maximum atomic E-state index is 5.63. The van der Waals surface area contributed by atoms with Crippen LogP contribution in [0.15, 0.2) is 0 Å². The third-order valence-corrected chi connectivity index (χ3v) is 0.965. The highest BCUT2D eigenvalue weighted by Crippen LogP contribution is 1.98. The van der Waals surface area contributed by atoms with E-state index in [4.69, 9.17) is 10.5 Å². The van der Waals surface area contributed by atoms with Gasteiger partial charge in [0.2, 0.25) is 0 Å². The third kappa shape index (κ3) is 6.01. The summed E-state index contributed by atoms with van der Waals surface area (Å²) in [6.45, 7) is 6.77. The first-order valence-corrected chi connectivity index (χ1v) is 3.48. The fraction of sp³-hybridized carbons (Fsp3) is 1.00. The predicted molar refractivity (Wildman–Crippen MR) is 42.7 cm³/mol. The van der Waals surface area contributed by atoms with Crippen molar-refractivity contribution in [3.8, 4) is 0 Å².